The molecule has 1 unspecified atom stereocenters. The van der Waals surface area contributed by atoms with E-state index in [-0.39, 0.29) is 11.8 Å². The van der Waals surface area contributed by atoms with E-state index in [1.165, 1.54) is 7.05 Å². The number of hydrogen-bond acceptors (Lipinski definition) is 4. The molecule has 0 spiro atoms. The highest BCUT2D eigenvalue weighted by Crippen LogP contribution is 2.10. The van der Waals surface area contributed by atoms with E-state index in [1.807, 2.05) is 24.7 Å². The molecule has 0 radical (unpaired) electrons. The van der Waals surface area contributed by atoms with Gasteiger partial charge in [-0.25, -0.2) is 13.1 Å². The first-order chi connectivity index (χ1) is 7.98. The Balaban J connectivity index is 2.42. The minimum atomic E-state index is -3.13. The molecule has 0 aliphatic rings. The first-order valence-corrected chi connectivity index (χ1v) is 7.30. The number of hydrogen-bond donors (Lipinski definition) is 2. The molecule has 98 valence electrons. The maximum atomic E-state index is 11.2. The minimum absolute atomic E-state index is 0.0791. The number of sulfonamides is 1. The zero-order valence-electron chi connectivity index (χ0n) is 10.5. The molecular formula is C10H20N4O2S. The van der Waals surface area contributed by atoms with Gasteiger partial charge in [0.2, 0.25) is 10.0 Å². The molecule has 0 saturated carbocycles. The molecule has 1 aromatic rings. The average molecular weight is 260 g/mol. The number of rotatable bonds is 7. The molecule has 0 amide bonds. The van der Waals surface area contributed by atoms with Crippen molar-refractivity contribution in [1.82, 2.24) is 19.8 Å². The summed E-state index contributed by atoms with van der Waals surface area (Å²) in [5, 5.41) is 7.33. The van der Waals surface area contributed by atoms with Gasteiger partial charge in [0.05, 0.1) is 11.9 Å². The van der Waals surface area contributed by atoms with E-state index in [2.05, 4.69) is 15.1 Å². The fourth-order valence-electron chi connectivity index (χ4n) is 1.41. The largest absolute Gasteiger partial charge is 0.309 e. The predicted octanol–water partition coefficient (Wildman–Crippen LogP) is 0.103. The highest BCUT2D eigenvalue weighted by atomic mass is 32.2. The van der Waals surface area contributed by atoms with Crippen molar-refractivity contribution in [2.45, 2.75) is 26.4 Å². The molecule has 2 N–H and O–H groups in total. The molecule has 1 rings (SSSR count). The summed E-state index contributed by atoms with van der Waals surface area (Å²) in [7, 11) is -1.71. The normalized spacial score (nSPS) is 13.8. The number of aromatic nitrogens is 2. The van der Waals surface area contributed by atoms with E-state index in [4.69, 9.17) is 0 Å². The van der Waals surface area contributed by atoms with Crippen molar-refractivity contribution in [3.8, 4) is 0 Å². The van der Waals surface area contributed by atoms with Crippen LogP contribution in [0.3, 0.4) is 0 Å². The predicted molar refractivity (Wildman–Crippen MR) is 67.2 cm³/mol. The molecular weight excluding hydrogens is 240 g/mol. The summed E-state index contributed by atoms with van der Waals surface area (Å²) in [6.07, 6.45) is 3.76. The van der Waals surface area contributed by atoms with Gasteiger partial charge in [-0.05, 0) is 20.9 Å². The van der Waals surface area contributed by atoms with E-state index >= 15 is 0 Å². The fraction of sp³-hybridized carbons (Fsp3) is 0.700. The van der Waals surface area contributed by atoms with E-state index in [0.29, 0.717) is 6.54 Å². The Kier molecular flexibility index (Phi) is 5.10. The highest BCUT2D eigenvalue weighted by molar-refractivity contribution is 7.89. The van der Waals surface area contributed by atoms with Crippen LogP contribution in [-0.2, 0) is 16.6 Å². The molecule has 0 aromatic carbocycles. The second-order valence-corrected chi connectivity index (χ2v) is 5.87. The molecule has 17 heavy (non-hydrogen) atoms. The van der Waals surface area contributed by atoms with Crippen LogP contribution >= 0.6 is 0 Å². The summed E-state index contributed by atoms with van der Waals surface area (Å²) in [5.41, 5.74) is 1.06. The molecule has 7 heteroatoms. The lowest BCUT2D eigenvalue weighted by molar-refractivity contribution is 0.566. The number of nitrogens with one attached hydrogen (secondary N) is 2. The maximum Gasteiger partial charge on any atom is 0.212 e. The Morgan fingerprint density at radius 3 is 2.76 bits per heavy atom. The Bertz CT molecular complexity index is 441. The SMILES string of the molecule is CCn1cc(C(C)NCCS(=O)(=O)NC)cn1. The zero-order valence-corrected chi connectivity index (χ0v) is 11.3. The fourth-order valence-corrected chi connectivity index (χ4v) is 2.00. The van der Waals surface area contributed by atoms with Crippen LogP contribution in [0.15, 0.2) is 12.4 Å². The summed E-state index contributed by atoms with van der Waals surface area (Å²) in [6.45, 7) is 5.26. The second kappa shape index (κ2) is 6.13. The maximum absolute atomic E-state index is 11.2. The van der Waals surface area contributed by atoms with Gasteiger partial charge in [0, 0.05) is 30.9 Å². The smallest absolute Gasteiger partial charge is 0.212 e. The average Bonchev–Trinajstić information content (AvgIpc) is 2.77. The number of aryl methyl sites for hydroxylation is 1. The molecule has 0 fully saturated rings. The summed E-state index contributed by atoms with van der Waals surface area (Å²) in [6, 6.07) is 0.0994. The van der Waals surface area contributed by atoms with Crippen LogP contribution in [0.4, 0.5) is 0 Å². The highest BCUT2D eigenvalue weighted by Gasteiger charge is 2.10. The lowest BCUT2D eigenvalue weighted by Crippen LogP contribution is -2.30. The third-order valence-electron chi connectivity index (χ3n) is 2.61. The third-order valence-corrected chi connectivity index (χ3v) is 3.97. The van der Waals surface area contributed by atoms with Crippen molar-refractivity contribution < 1.29 is 8.42 Å². The minimum Gasteiger partial charge on any atom is -0.309 e. The van der Waals surface area contributed by atoms with Crippen LogP contribution in [0.1, 0.15) is 25.5 Å². The van der Waals surface area contributed by atoms with Crippen molar-refractivity contribution in [3.05, 3.63) is 18.0 Å². The Labute approximate surface area is 102 Å². The number of nitrogens with zero attached hydrogens (tertiary/aromatic N) is 2. The van der Waals surface area contributed by atoms with Gasteiger partial charge in [0.1, 0.15) is 0 Å². The topological polar surface area (TPSA) is 76.0 Å². The van der Waals surface area contributed by atoms with Gasteiger partial charge in [-0.1, -0.05) is 0 Å². The van der Waals surface area contributed by atoms with Crippen LogP contribution < -0.4 is 10.0 Å². The molecule has 1 aromatic heterocycles. The summed E-state index contributed by atoms with van der Waals surface area (Å²) in [4.78, 5) is 0. The van der Waals surface area contributed by atoms with E-state index in [0.717, 1.165) is 12.1 Å². The summed E-state index contributed by atoms with van der Waals surface area (Å²) < 4.78 is 26.5. The zero-order chi connectivity index (χ0) is 12.9. The van der Waals surface area contributed by atoms with Crippen LogP contribution in [0.25, 0.3) is 0 Å². The van der Waals surface area contributed by atoms with E-state index in [9.17, 15) is 8.42 Å². The van der Waals surface area contributed by atoms with Crippen molar-refractivity contribution in [3.63, 3.8) is 0 Å². The van der Waals surface area contributed by atoms with Crippen molar-refractivity contribution in [2.75, 3.05) is 19.3 Å². The molecule has 1 heterocycles. The van der Waals surface area contributed by atoms with Crippen molar-refractivity contribution >= 4 is 10.0 Å². The second-order valence-electron chi connectivity index (χ2n) is 3.83. The van der Waals surface area contributed by atoms with Gasteiger partial charge in [-0.15, -0.1) is 0 Å². The van der Waals surface area contributed by atoms with Gasteiger partial charge in [0.15, 0.2) is 0 Å². The van der Waals surface area contributed by atoms with Crippen molar-refractivity contribution in [1.29, 1.82) is 0 Å². The molecule has 0 aliphatic carbocycles. The lowest BCUT2D eigenvalue weighted by Gasteiger charge is -2.11. The Morgan fingerprint density at radius 1 is 1.53 bits per heavy atom. The van der Waals surface area contributed by atoms with Crippen LogP contribution in [-0.4, -0.2) is 37.5 Å². The molecule has 0 bridgehead atoms. The molecule has 6 nitrogen and oxygen atoms in total. The van der Waals surface area contributed by atoms with Crippen LogP contribution in [0, 0.1) is 0 Å². The van der Waals surface area contributed by atoms with Gasteiger partial charge in [0.25, 0.3) is 0 Å². The van der Waals surface area contributed by atoms with Crippen LogP contribution in [0.2, 0.25) is 0 Å². The Morgan fingerprint density at radius 2 is 2.24 bits per heavy atom. The first-order valence-electron chi connectivity index (χ1n) is 5.65. The van der Waals surface area contributed by atoms with Crippen LogP contribution in [0.5, 0.6) is 0 Å². The Hall–Kier alpha value is -0.920. The van der Waals surface area contributed by atoms with Gasteiger partial charge in [-0.3, -0.25) is 4.68 Å². The molecule has 0 saturated heterocycles. The lowest BCUT2D eigenvalue weighted by atomic mass is 10.2. The van der Waals surface area contributed by atoms with Gasteiger partial charge >= 0.3 is 0 Å². The van der Waals surface area contributed by atoms with Crippen molar-refractivity contribution in [2.24, 2.45) is 0 Å². The molecule has 0 aliphatic heterocycles. The van der Waals surface area contributed by atoms with E-state index < -0.39 is 10.0 Å². The van der Waals surface area contributed by atoms with Gasteiger partial charge < -0.3 is 5.32 Å². The molecule has 1 atom stereocenters. The monoisotopic (exact) mass is 260 g/mol. The summed E-state index contributed by atoms with van der Waals surface area (Å²) in [5.74, 6) is 0.0791. The standard InChI is InChI=1S/C10H20N4O2S/c1-4-14-8-10(7-13-14)9(2)12-5-6-17(15,16)11-3/h7-9,11-12H,4-6H2,1-3H3. The quantitative estimate of drug-likeness (QED) is 0.729. The third kappa shape index (κ3) is 4.45. The first kappa shape index (κ1) is 14.1. The van der Waals surface area contributed by atoms with E-state index in [1.54, 1.807) is 6.20 Å². The summed E-state index contributed by atoms with van der Waals surface area (Å²) >= 11 is 0. The van der Waals surface area contributed by atoms with Gasteiger partial charge in [-0.2, -0.15) is 5.10 Å².